The average Bonchev–Trinajstić information content (AvgIpc) is 2.58. The number of phenolic OH excluding ortho intramolecular Hbond substituents is 1. The molecule has 0 aliphatic rings. The molecule has 0 saturated heterocycles. The van der Waals surface area contributed by atoms with Crippen molar-refractivity contribution in [1.29, 1.82) is 0 Å². The summed E-state index contributed by atoms with van der Waals surface area (Å²) in [7, 11) is 0. The van der Waals surface area contributed by atoms with E-state index in [1.807, 2.05) is 12.1 Å². The number of hydrogen-bond acceptors (Lipinski definition) is 3. The lowest BCUT2D eigenvalue weighted by Gasteiger charge is -2.28. The van der Waals surface area contributed by atoms with Crippen LogP contribution in [0.4, 0.5) is 0 Å². The van der Waals surface area contributed by atoms with Crippen LogP contribution >= 0.6 is 13.5 Å². The van der Waals surface area contributed by atoms with Gasteiger partial charge >= 0.3 is 5.97 Å². The van der Waals surface area contributed by atoms with Gasteiger partial charge in [-0.2, -0.15) is 0 Å². The Bertz CT molecular complexity index is 589. The van der Waals surface area contributed by atoms with Crippen LogP contribution in [0.1, 0.15) is 110 Å². The second-order valence-corrected chi connectivity index (χ2v) is 10.0. The first kappa shape index (κ1) is 27.8. The van der Waals surface area contributed by atoms with Crippen LogP contribution in [0.2, 0.25) is 0 Å². The van der Waals surface area contributed by atoms with Gasteiger partial charge < -0.3 is 9.84 Å². The maximum Gasteiger partial charge on any atom is 0.306 e. The molecular weight excluding hydrogens is 380 g/mol. The van der Waals surface area contributed by atoms with Crippen LogP contribution in [0.25, 0.3) is 0 Å². The molecule has 0 aliphatic carbocycles. The Morgan fingerprint density at radius 3 is 1.86 bits per heavy atom. The molecule has 1 N–H and O–H groups in total. The molecule has 0 aliphatic heterocycles. The van der Waals surface area contributed by atoms with Crippen molar-refractivity contribution in [2.24, 2.45) is 0 Å². The van der Waals surface area contributed by atoms with E-state index in [-0.39, 0.29) is 30.3 Å². The van der Waals surface area contributed by atoms with Crippen LogP contribution in [0, 0.1) is 0 Å². The van der Waals surface area contributed by atoms with Crippen molar-refractivity contribution in [2.75, 3.05) is 6.61 Å². The van der Waals surface area contributed by atoms with E-state index in [2.05, 4.69) is 48.5 Å². The van der Waals surface area contributed by atoms with Crippen LogP contribution in [-0.2, 0) is 26.8 Å². The number of aromatic hydroxyl groups is 1. The van der Waals surface area contributed by atoms with Crippen LogP contribution in [-0.4, -0.2) is 17.7 Å². The fraction of sp³-hybridized carbons (Fsp3) is 0.720. The van der Waals surface area contributed by atoms with E-state index in [0.29, 0.717) is 25.2 Å². The number of carbonyl (C=O) groups is 1. The van der Waals surface area contributed by atoms with E-state index in [9.17, 15) is 9.90 Å². The lowest BCUT2D eigenvalue weighted by atomic mass is 9.78. The van der Waals surface area contributed by atoms with Gasteiger partial charge in [0.05, 0.1) is 6.61 Å². The number of benzene rings is 1. The average molecular weight is 423 g/mol. The third kappa shape index (κ3) is 9.93. The normalized spacial score (nSPS) is 11.8. The number of esters is 1. The highest BCUT2D eigenvalue weighted by atomic mass is 32.1. The molecule has 4 heteroatoms. The standard InChI is InChI=1S/C25H42O3.S/c1-8-9-10-11-12-13-16-28-22(26)15-14-19-17-20(24(2,3)4)23(27)21(18-19)25(5,6)7;/h17-18,27H,8-16H2,1-7H3;. The maximum atomic E-state index is 12.1. The topological polar surface area (TPSA) is 46.5 Å². The maximum absolute atomic E-state index is 12.1. The first-order valence-corrected chi connectivity index (χ1v) is 11.0. The molecule has 0 fully saturated rings. The molecule has 166 valence electrons. The summed E-state index contributed by atoms with van der Waals surface area (Å²) in [4.78, 5) is 12.1. The molecule has 1 rings (SSSR count). The molecule has 0 atom stereocenters. The van der Waals surface area contributed by atoms with Crippen LogP contribution in [0.3, 0.4) is 0 Å². The molecule has 29 heavy (non-hydrogen) atoms. The fourth-order valence-corrected chi connectivity index (χ4v) is 3.37. The summed E-state index contributed by atoms with van der Waals surface area (Å²) in [6.45, 7) is 15.4. The minimum atomic E-state index is -0.154. The zero-order valence-corrected chi connectivity index (χ0v) is 20.5. The summed E-state index contributed by atoms with van der Waals surface area (Å²) in [5.74, 6) is 0.255. The Kier molecular flexibility index (Phi) is 12.0. The predicted octanol–water partition coefficient (Wildman–Crippen LogP) is 7.47. The van der Waals surface area contributed by atoms with Crippen molar-refractivity contribution in [1.82, 2.24) is 0 Å². The Hall–Kier alpha value is -1.16. The van der Waals surface area contributed by atoms with E-state index >= 15 is 0 Å². The molecule has 0 heterocycles. The van der Waals surface area contributed by atoms with Crippen LogP contribution < -0.4 is 0 Å². The van der Waals surface area contributed by atoms with Crippen LogP contribution in [0.15, 0.2) is 12.1 Å². The number of unbranched alkanes of at least 4 members (excludes halogenated alkanes) is 5. The van der Waals surface area contributed by atoms with Gasteiger partial charge in [0, 0.05) is 19.9 Å². The van der Waals surface area contributed by atoms with Crippen LogP contribution in [0.5, 0.6) is 5.75 Å². The van der Waals surface area contributed by atoms with E-state index in [1.54, 1.807) is 0 Å². The Morgan fingerprint density at radius 1 is 0.897 bits per heavy atom. The fourth-order valence-electron chi connectivity index (χ4n) is 3.37. The third-order valence-electron chi connectivity index (χ3n) is 5.16. The smallest absolute Gasteiger partial charge is 0.306 e. The summed E-state index contributed by atoms with van der Waals surface area (Å²) < 4.78 is 5.40. The number of hydrogen-bond donors (Lipinski definition) is 1. The van der Waals surface area contributed by atoms with Crippen molar-refractivity contribution in [3.63, 3.8) is 0 Å². The molecule has 1 aromatic carbocycles. The Morgan fingerprint density at radius 2 is 1.38 bits per heavy atom. The van der Waals surface area contributed by atoms with Gasteiger partial charge in [0.25, 0.3) is 0 Å². The van der Waals surface area contributed by atoms with E-state index in [1.165, 1.54) is 25.7 Å². The van der Waals surface area contributed by atoms with Crippen molar-refractivity contribution < 1.29 is 14.6 Å². The first-order valence-electron chi connectivity index (χ1n) is 11.0. The Labute approximate surface area is 186 Å². The number of rotatable bonds is 10. The minimum absolute atomic E-state index is 0. The van der Waals surface area contributed by atoms with E-state index in [0.717, 1.165) is 29.5 Å². The van der Waals surface area contributed by atoms with Gasteiger partial charge in [0.2, 0.25) is 0 Å². The SMILES string of the molecule is CCCCCCCCOC(=O)CCc1cc(C(C)(C)C)c(O)c(C(C)(C)C)c1.[S]. The summed E-state index contributed by atoms with van der Waals surface area (Å²) in [5, 5.41) is 10.8. The highest BCUT2D eigenvalue weighted by molar-refractivity contribution is 7.59. The molecule has 0 aromatic heterocycles. The van der Waals surface area contributed by atoms with E-state index < -0.39 is 0 Å². The molecule has 0 spiro atoms. The second kappa shape index (κ2) is 12.5. The van der Waals surface area contributed by atoms with Crippen molar-refractivity contribution >= 4 is 19.5 Å². The van der Waals surface area contributed by atoms with Gasteiger partial charge in [0.1, 0.15) is 5.75 Å². The largest absolute Gasteiger partial charge is 0.507 e. The van der Waals surface area contributed by atoms with E-state index in [4.69, 9.17) is 4.74 Å². The highest BCUT2D eigenvalue weighted by Crippen LogP contribution is 2.39. The van der Waals surface area contributed by atoms with Crippen molar-refractivity contribution in [3.05, 3.63) is 28.8 Å². The minimum Gasteiger partial charge on any atom is -0.507 e. The number of ether oxygens (including phenoxy) is 1. The molecule has 3 nitrogen and oxygen atoms in total. The monoisotopic (exact) mass is 422 g/mol. The third-order valence-corrected chi connectivity index (χ3v) is 5.16. The van der Waals surface area contributed by atoms with Crippen molar-refractivity contribution in [2.45, 2.75) is 111 Å². The summed E-state index contributed by atoms with van der Waals surface area (Å²) in [6, 6.07) is 4.09. The summed E-state index contributed by atoms with van der Waals surface area (Å²) >= 11 is 0. The number of aryl methyl sites for hydroxylation is 1. The summed E-state index contributed by atoms with van der Waals surface area (Å²) in [6.07, 6.45) is 8.16. The molecular formula is C25H42O3S. The lowest BCUT2D eigenvalue weighted by molar-refractivity contribution is -0.143. The zero-order valence-electron chi connectivity index (χ0n) is 19.7. The van der Waals surface area contributed by atoms with Gasteiger partial charge in [0.15, 0.2) is 0 Å². The van der Waals surface area contributed by atoms with Gasteiger partial charge in [-0.25, -0.2) is 0 Å². The lowest BCUT2D eigenvalue weighted by Crippen LogP contribution is -2.18. The van der Waals surface area contributed by atoms with Gasteiger partial charge in [-0.1, -0.05) is 92.7 Å². The second-order valence-electron chi connectivity index (χ2n) is 10.0. The molecule has 2 radical (unpaired) electrons. The molecule has 0 amide bonds. The number of carbonyl (C=O) groups excluding carboxylic acids is 1. The Balaban J connectivity index is 0.00000784. The molecule has 0 saturated carbocycles. The highest BCUT2D eigenvalue weighted by Gasteiger charge is 2.26. The molecule has 0 bridgehead atoms. The first-order chi connectivity index (χ1) is 13.0. The zero-order chi connectivity index (χ0) is 21.4. The van der Waals surface area contributed by atoms with Gasteiger partial charge in [-0.05, 0) is 40.4 Å². The van der Waals surface area contributed by atoms with Gasteiger partial charge in [-0.15, -0.1) is 0 Å². The summed E-state index contributed by atoms with van der Waals surface area (Å²) in [5.41, 5.74) is 2.66. The quantitative estimate of drug-likeness (QED) is 0.314. The molecule has 0 unspecified atom stereocenters. The number of phenols is 1. The molecule has 1 aromatic rings. The van der Waals surface area contributed by atoms with Gasteiger partial charge in [-0.3, -0.25) is 4.79 Å². The predicted molar refractivity (Wildman–Crippen MR) is 126 cm³/mol. The van der Waals surface area contributed by atoms with Crippen molar-refractivity contribution in [3.8, 4) is 5.75 Å².